The van der Waals surface area contributed by atoms with Gasteiger partial charge < -0.3 is 31.3 Å². The van der Waals surface area contributed by atoms with Crippen molar-refractivity contribution < 1.29 is 43.5 Å². The van der Waals surface area contributed by atoms with Gasteiger partial charge >= 0.3 is 5.97 Å². The number of fused-ring (bicyclic) bond motifs is 1. The molecule has 54 heavy (non-hydrogen) atoms. The van der Waals surface area contributed by atoms with E-state index in [4.69, 9.17) is 0 Å². The quantitative estimate of drug-likeness (QED) is 0.142. The summed E-state index contributed by atoms with van der Waals surface area (Å²) in [5.41, 5.74) is 0.630. The Morgan fingerprint density at radius 1 is 0.889 bits per heavy atom. The van der Waals surface area contributed by atoms with Crippen LogP contribution in [0.25, 0.3) is 0 Å². The molecule has 5 amide bonds. The van der Waals surface area contributed by atoms with Crippen molar-refractivity contribution >= 4 is 47.1 Å². The van der Waals surface area contributed by atoms with Crippen LogP contribution in [0.5, 0.6) is 0 Å². The Hall–Kier alpha value is -5.54. The molecule has 0 radical (unpaired) electrons. The Labute approximate surface area is 313 Å². The van der Waals surface area contributed by atoms with Crippen molar-refractivity contribution in [2.75, 3.05) is 6.54 Å². The molecule has 2 unspecified atom stereocenters. The second-order valence-corrected chi connectivity index (χ2v) is 14.5. The lowest BCUT2D eigenvalue weighted by Crippen LogP contribution is -2.60. The molecular weight excluding hydrogens is 698 g/mol. The normalized spacial score (nSPS) is 20.0. The molecule has 1 saturated carbocycles. The van der Waals surface area contributed by atoms with Crippen molar-refractivity contribution in [1.82, 2.24) is 36.1 Å². The summed E-state index contributed by atoms with van der Waals surface area (Å²) in [6.07, 6.45) is 4.88. The van der Waals surface area contributed by atoms with Crippen molar-refractivity contribution in [1.29, 1.82) is 0 Å². The maximum Gasteiger partial charge on any atom is 0.326 e. The number of carboxylic acid groups (broad SMARTS) is 1. The Morgan fingerprint density at radius 3 is 2.17 bits per heavy atom. The molecule has 5 N–H and O–H groups in total. The number of likely N-dealkylation sites (tertiary alicyclic amines) is 1. The van der Waals surface area contributed by atoms with Crippen molar-refractivity contribution in [2.45, 2.75) is 96.9 Å². The monoisotopic (exact) mass is 747 g/mol. The number of amides is 5. The van der Waals surface area contributed by atoms with Gasteiger partial charge in [-0.05, 0) is 30.2 Å². The molecular formula is C38H49N7O9. The first-order chi connectivity index (χ1) is 25.6. The lowest BCUT2D eigenvalue weighted by molar-refractivity contribution is -0.146. The van der Waals surface area contributed by atoms with E-state index in [-0.39, 0.29) is 37.3 Å². The number of nitrogens with zero attached hydrogens (tertiary/aromatic N) is 3. The van der Waals surface area contributed by atoms with Crippen LogP contribution in [0, 0.1) is 23.7 Å². The first-order valence-corrected chi connectivity index (χ1v) is 18.3. The van der Waals surface area contributed by atoms with Crippen molar-refractivity contribution in [2.24, 2.45) is 23.7 Å². The minimum absolute atomic E-state index is 0.000733. The molecule has 7 atom stereocenters. The number of hydrogen-bond acceptors (Lipinski definition) is 10. The van der Waals surface area contributed by atoms with Crippen LogP contribution in [-0.2, 0) is 40.0 Å². The number of rotatable bonds is 17. The minimum Gasteiger partial charge on any atom is -0.480 e. The van der Waals surface area contributed by atoms with E-state index in [0.29, 0.717) is 18.4 Å². The van der Waals surface area contributed by atoms with E-state index in [1.54, 1.807) is 65.0 Å². The predicted octanol–water partition coefficient (Wildman–Crippen LogP) is 0.844. The van der Waals surface area contributed by atoms with Crippen LogP contribution in [-0.4, -0.2) is 104 Å². The van der Waals surface area contributed by atoms with E-state index in [0.717, 1.165) is 0 Å². The SMILES string of the molecule is CCCC(NC(=O)C1[C@H]2CCC(=O)[C@H]2CN1C(=O)[C@@H](NC(=O)[C@H](NC(=O)c1cnccn1)C(C)C)C(C)C)C(=O)C(=O)N[C@@H](Cc1ccccc1)C(=O)O. The van der Waals surface area contributed by atoms with Gasteiger partial charge in [-0.25, -0.2) is 9.78 Å². The number of benzene rings is 1. The summed E-state index contributed by atoms with van der Waals surface area (Å²) in [5, 5.41) is 20.1. The average molecular weight is 748 g/mol. The maximum atomic E-state index is 14.3. The first-order valence-electron chi connectivity index (χ1n) is 18.3. The molecule has 2 heterocycles. The van der Waals surface area contributed by atoms with Gasteiger partial charge in [-0.15, -0.1) is 0 Å². The lowest BCUT2D eigenvalue weighted by Gasteiger charge is -2.33. The number of carboxylic acids is 1. The van der Waals surface area contributed by atoms with Crippen molar-refractivity contribution in [3.63, 3.8) is 0 Å². The van der Waals surface area contributed by atoms with Gasteiger partial charge in [0.25, 0.3) is 11.8 Å². The van der Waals surface area contributed by atoms with E-state index in [9.17, 15) is 43.5 Å². The summed E-state index contributed by atoms with van der Waals surface area (Å²) in [5.74, 6) is -8.40. The highest BCUT2D eigenvalue weighted by atomic mass is 16.4. The third kappa shape index (κ3) is 9.90. The van der Waals surface area contributed by atoms with Gasteiger partial charge in [-0.1, -0.05) is 71.4 Å². The Bertz CT molecular complexity index is 1720. The maximum absolute atomic E-state index is 14.3. The van der Waals surface area contributed by atoms with Crippen LogP contribution in [0.4, 0.5) is 0 Å². The molecule has 2 aliphatic rings. The Balaban J connectivity index is 1.52. The van der Waals surface area contributed by atoms with Gasteiger partial charge in [0.2, 0.25) is 23.5 Å². The summed E-state index contributed by atoms with van der Waals surface area (Å²) >= 11 is 0. The standard InChI is InChI=1S/C38H49N7O9/c1-6-10-25(32(47)36(51)42-26(38(53)54)17-22-11-8-7-9-12-22)41-35(50)31-23-13-14-28(46)24(23)19-45(31)37(52)30(21(4)5)44-34(49)29(20(2)3)43-33(48)27-18-39-15-16-40-27/h7-9,11-12,15-16,18,20-21,23-26,29-31H,6,10,13-14,17,19H2,1-5H3,(H,41,50)(H,42,51)(H,43,48)(H,44,49)(H,53,54)/t23-,24-,25?,26-,29+,30-,31?/m0/s1. The summed E-state index contributed by atoms with van der Waals surface area (Å²) in [6.45, 7) is 8.52. The largest absolute Gasteiger partial charge is 0.480 e. The molecule has 2 aromatic rings. The molecule has 1 aliphatic heterocycles. The molecule has 1 aromatic heterocycles. The second kappa shape index (κ2) is 18.5. The second-order valence-electron chi connectivity index (χ2n) is 14.5. The molecule has 2 fully saturated rings. The average Bonchev–Trinajstić information content (AvgIpc) is 3.71. The van der Waals surface area contributed by atoms with Gasteiger partial charge in [0.05, 0.1) is 12.2 Å². The zero-order chi connectivity index (χ0) is 39.7. The summed E-state index contributed by atoms with van der Waals surface area (Å²) in [6, 6.07) is 2.42. The van der Waals surface area contributed by atoms with Crippen LogP contribution in [0.3, 0.4) is 0 Å². The molecule has 0 bridgehead atoms. The van der Waals surface area contributed by atoms with E-state index >= 15 is 0 Å². The number of hydrogen-bond donors (Lipinski definition) is 5. The third-order valence-corrected chi connectivity index (χ3v) is 9.92. The van der Waals surface area contributed by atoms with E-state index in [2.05, 4.69) is 31.2 Å². The van der Waals surface area contributed by atoms with E-state index < -0.39 is 95.2 Å². The summed E-state index contributed by atoms with van der Waals surface area (Å²) < 4.78 is 0. The fraction of sp³-hybridized carbons (Fsp3) is 0.526. The first kappa shape index (κ1) is 41.2. The molecule has 0 spiro atoms. The molecule has 1 aromatic carbocycles. The molecule has 1 aliphatic carbocycles. The number of Topliss-reactive ketones (excluding diaryl/α,β-unsaturated/α-hetero) is 2. The predicted molar refractivity (Wildman–Crippen MR) is 193 cm³/mol. The number of carbonyl (C=O) groups is 8. The van der Waals surface area contributed by atoms with Gasteiger partial charge in [0.15, 0.2) is 0 Å². The molecule has 290 valence electrons. The zero-order valence-corrected chi connectivity index (χ0v) is 31.1. The number of nitrogens with one attached hydrogen (secondary N) is 4. The fourth-order valence-corrected chi connectivity index (χ4v) is 7.02. The van der Waals surface area contributed by atoms with E-state index in [1.165, 1.54) is 23.5 Å². The molecule has 1 saturated heterocycles. The fourth-order valence-electron chi connectivity index (χ4n) is 7.02. The number of ketones is 2. The number of carbonyl (C=O) groups excluding carboxylic acids is 7. The smallest absolute Gasteiger partial charge is 0.326 e. The molecule has 16 heteroatoms. The highest BCUT2D eigenvalue weighted by Gasteiger charge is 2.54. The topological polar surface area (TPSA) is 234 Å². The van der Waals surface area contributed by atoms with E-state index in [1.807, 2.05) is 0 Å². The van der Waals surface area contributed by atoms with Gasteiger partial charge in [0, 0.05) is 43.6 Å². The van der Waals surface area contributed by atoms with Crippen LogP contribution in [0.2, 0.25) is 0 Å². The highest BCUT2D eigenvalue weighted by Crippen LogP contribution is 2.41. The van der Waals surface area contributed by atoms with Crippen LogP contribution < -0.4 is 21.3 Å². The summed E-state index contributed by atoms with van der Waals surface area (Å²) in [7, 11) is 0. The van der Waals surface area contributed by atoms with Gasteiger partial charge in [-0.2, -0.15) is 0 Å². The Morgan fingerprint density at radius 2 is 1.57 bits per heavy atom. The minimum atomic E-state index is -1.41. The molecule has 4 rings (SSSR count). The number of aliphatic carboxylic acids is 1. The number of aromatic nitrogens is 2. The summed E-state index contributed by atoms with van der Waals surface area (Å²) in [4.78, 5) is 116. The van der Waals surface area contributed by atoms with Gasteiger partial charge in [0.1, 0.15) is 35.6 Å². The zero-order valence-electron chi connectivity index (χ0n) is 31.1. The highest BCUT2D eigenvalue weighted by molar-refractivity contribution is 6.38. The molecule has 16 nitrogen and oxygen atoms in total. The van der Waals surface area contributed by atoms with Crippen molar-refractivity contribution in [3.8, 4) is 0 Å². The van der Waals surface area contributed by atoms with Crippen LogP contribution in [0.1, 0.15) is 76.4 Å². The van der Waals surface area contributed by atoms with Crippen LogP contribution >= 0.6 is 0 Å². The van der Waals surface area contributed by atoms with Gasteiger partial charge in [-0.3, -0.25) is 38.5 Å². The third-order valence-electron chi connectivity index (χ3n) is 9.92. The van der Waals surface area contributed by atoms with Crippen molar-refractivity contribution in [3.05, 3.63) is 60.2 Å². The van der Waals surface area contributed by atoms with Crippen LogP contribution in [0.15, 0.2) is 48.9 Å². The Kier molecular flexibility index (Phi) is 14.1. The lowest BCUT2D eigenvalue weighted by atomic mass is 9.92.